The van der Waals surface area contributed by atoms with Gasteiger partial charge in [-0.25, -0.2) is 0 Å². The van der Waals surface area contributed by atoms with Crippen molar-refractivity contribution < 1.29 is 9.53 Å². The molecule has 1 rings (SSSR count). The summed E-state index contributed by atoms with van der Waals surface area (Å²) in [7, 11) is 1.62. The van der Waals surface area contributed by atoms with Crippen molar-refractivity contribution in [2.75, 3.05) is 13.7 Å². The number of hydrogen-bond acceptors (Lipinski definition) is 3. The van der Waals surface area contributed by atoms with Gasteiger partial charge in [-0.15, -0.1) is 0 Å². The molecule has 100 valence electrons. The molecule has 0 fully saturated rings. The SMILES string of the molecule is CCCC(CN)C(=O)Cc1ccc(OC)c(Br)c1. The highest BCUT2D eigenvalue weighted by Crippen LogP contribution is 2.26. The van der Waals surface area contributed by atoms with Gasteiger partial charge in [-0.2, -0.15) is 0 Å². The minimum Gasteiger partial charge on any atom is -0.496 e. The second-order valence-corrected chi connectivity index (χ2v) is 5.19. The normalized spacial score (nSPS) is 12.2. The molecule has 0 aliphatic rings. The third kappa shape index (κ3) is 4.10. The first kappa shape index (κ1) is 15.2. The van der Waals surface area contributed by atoms with Crippen LogP contribution < -0.4 is 10.5 Å². The van der Waals surface area contributed by atoms with Crippen molar-refractivity contribution in [1.82, 2.24) is 0 Å². The van der Waals surface area contributed by atoms with Crippen LogP contribution in [0, 0.1) is 5.92 Å². The molecule has 18 heavy (non-hydrogen) atoms. The maximum absolute atomic E-state index is 12.1. The van der Waals surface area contributed by atoms with Crippen LogP contribution in [0.3, 0.4) is 0 Å². The highest BCUT2D eigenvalue weighted by Gasteiger charge is 2.16. The zero-order valence-corrected chi connectivity index (χ0v) is 12.5. The van der Waals surface area contributed by atoms with E-state index in [1.165, 1.54) is 0 Å². The van der Waals surface area contributed by atoms with E-state index in [9.17, 15) is 4.79 Å². The van der Waals surface area contributed by atoms with E-state index in [2.05, 4.69) is 22.9 Å². The molecular weight excluding hydrogens is 294 g/mol. The average molecular weight is 314 g/mol. The molecule has 1 unspecified atom stereocenters. The zero-order chi connectivity index (χ0) is 13.5. The van der Waals surface area contributed by atoms with Crippen molar-refractivity contribution in [1.29, 1.82) is 0 Å². The molecule has 2 N–H and O–H groups in total. The molecule has 3 nitrogen and oxygen atoms in total. The summed E-state index contributed by atoms with van der Waals surface area (Å²) >= 11 is 3.42. The molecule has 1 atom stereocenters. The van der Waals surface area contributed by atoms with Crippen molar-refractivity contribution in [3.63, 3.8) is 0 Å². The van der Waals surface area contributed by atoms with E-state index < -0.39 is 0 Å². The Hall–Kier alpha value is -0.870. The van der Waals surface area contributed by atoms with Gasteiger partial charge in [0.05, 0.1) is 11.6 Å². The van der Waals surface area contributed by atoms with Crippen molar-refractivity contribution >= 4 is 21.7 Å². The Morgan fingerprint density at radius 1 is 1.50 bits per heavy atom. The first-order valence-corrected chi connectivity index (χ1v) is 6.96. The zero-order valence-electron chi connectivity index (χ0n) is 10.9. The van der Waals surface area contributed by atoms with E-state index in [0.29, 0.717) is 13.0 Å². The van der Waals surface area contributed by atoms with Crippen LogP contribution in [0.1, 0.15) is 25.3 Å². The topological polar surface area (TPSA) is 52.3 Å². The summed E-state index contributed by atoms with van der Waals surface area (Å²) in [6, 6.07) is 5.71. The molecule has 4 heteroatoms. The van der Waals surface area contributed by atoms with Gasteiger partial charge in [0.15, 0.2) is 0 Å². The number of hydrogen-bond donors (Lipinski definition) is 1. The van der Waals surface area contributed by atoms with Crippen LogP contribution in [0.4, 0.5) is 0 Å². The summed E-state index contributed by atoms with van der Waals surface area (Å²) in [6.45, 7) is 2.50. The number of rotatable bonds is 7. The number of ketones is 1. The number of Topliss-reactive ketones (excluding diaryl/α,β-unsaturated/α-hetero) is 1. The first-order chi connectivity index (χ1) is 8.62. The number of ether oxygens (including phenoxy) is 1. The van der Waals surface area contributed by atoms with Gasteiger partial charge in [-0.05, 0) is 40.0 Å². The summed E-state index contributed by atoms with van der Waals surface area (Å²) in [4.78, 5) is 12.1. The molecule has 0 aliphatic carbocycles. The number of benzene rings is 1. The molecular formula is C14H20BrNO2. The van der Waals surface area contributed by atoms with E-state index >= 15 is 0 Å². The van der Waals surface area contributed by atoms with Crippen molar-refractivity contribution in [2.24, 2.45) is 11.7 Å². The average Bonchev–Trinajstić information content (AvgIpc) is 2.36. The quantitative estimate of drug-likeness (QED) is 0.842. The third-order valence-corrected chi connectivity index (χ3v) is 3.59. The Morgan fingerprint density at radius 3 is 2.72 bits per heavy atom. The number of carbonyl (C=O) groups excluding carboxylic acids is 1. The maximum atomic E-state index is 12.1. The molecule has 0 amide bonds. The summed E-state index contributed by atoms with van der Waals surface area (Å²) in [5.74, 6) is 0.974. The number of halogens is 1. The highest BCUT2D eigenvalue weighted by atomic mass is 79.9. The van der Waals surface area contributed by atoms with E-state index in [0.717, 1.165) is 28.6 Å². The number of carbonyl (C=O) groups is 1. The Kier molecular flexibility index (Phi) is 6.36. The number of nitrogens with two attached hydrogens (primary N) is 1. The van der Waals surface area contributed by atoms with Crippen LogP contribution in [-0.2, 0) is 11.2 Å². The molecule has 0 bridgehead atoms. The van der Waals surface area contributed by atoms with Gasteiger partial charge in [0.2, 0.25) is 0 Å². The monoisotopic (exact) mass is 313 g/mol. The molecule has 0 spiro atoms. The van der Waals surface area contributed by atoms with Gasteiger partial charge < -0.3 is 10.5 Å². The van der Waals surface area contributed by atoms with Crippen LogP contribution in [0.5, 0.6) is 5.75 Å². The van der Waals surface area contributed by atoms with Crippen molar-refractivity contribution in [2.45, 2.75) is 26.2 Å². The van der Waals surface area contributed by atoms with Crippen LogP contribution in [0.2, 0.25) is 0 Å². The van der Waals surface area contributed by atoms with E-state index in [1.54, 1.807) is 7.11 Å². The fourth-order valence-electron chi connectivity index (χ4n) is 1.92. The molecule has 0 saturated heterocycles. The van der Waals surface area contributed by atoms with Crippen molar-refractivity contribution in [3.05, 3.63) is 28.2 Å². The highest BCUT2D eigenvalue weighted by molar-refractivity contribution is 9.10. The third-order valence-electron chi connectivity index (χ3n) is 2.97. The number of methoxy groups -OCH3 is 1. The van der Waals surface area contributed by atoms with Crippen molar-refractivity contribution in [3.8, 4) is 5.75 Å². The minimum absolute atomic E-state index is 0.0177. The maximum Gasteiger partial charge on any atom is 0.141 e. The fraction of sp³-hybridized carbons (Fsp3) is 0.500. The lowest BCUT2D eigenvalue weighted by Crippen LogP contribution is -2.25. The molecule has 0 radical (unpaired) electrons. The van der Waals surface area contributed by atoms with Crippen LogP contribution in [-0.4, -0.2) is 19.4 Å². The lowest BCUT2D eigenvalue weighted by atomic mass is 9.94. The lowest BCUT2D eigenvalue weighted by molar-refractivity contribution is -0.122. The van der Waals surface area contributed by atoms with Crippen LogP contribution >= 0.6 is 15.9 Å². The fourth-order valence-corrected chi connectivity index (χ4v) is 2.51. The molecule has 1 aromatic carbocycles. The standard InChI is InChI=1S/C14H20BrNO2/c1-3-4-11(9-16)13(17)8-10-5-6-14(18-2)12(15)7-10/h5-7,11H,3-4,8-9,16H2,1-2H3. The summed E-state index contributed by atoms with van der Waals surface area (Å²) in [5.41, 5.74) is 6.63. The van der Waals surface area contributed by atoms with Gasteiger partial charge in [0.1, 0.15) is 11.5 Å². The smallest absolute Gasteiger partial charge is 0.141 e. The predicted molar refractivity (Wildman–Crippen MR) is 76.9 cm³/mol. The second kappa shape index (κ2) is 7.54. The van der Waals surface area contributed by atoms with Gasteiger partial charge in [0, 0.05) is 18.9 Å². The van der Waals surface area contributed by atoms with E-state index in [4.69, 9.17) is 10.5 Å². The Morgan fingerprint density at radius 2 is 2.22 bits per heavy atom. The largest absolute Gasteiger partial charge is 0.496 e. The van der Waals surface area contributed by atoms with Gasteiger partial charge in [0.25, 0.3) is 0 Å². The molecule has 0 aliphatic heterocycles. The molecule has 0 saturated carbocycles. The Balaban J connectivity index is 2.72. The Labute approximate surface area is 117 Å². The minimum atomic E-state index is -0.0177. The lowest BCUT2D eigenvalue weighted by Gasteiger charge is -2.13. The summed E-state index contributed by atoms with van der Waals surface area (Å²) in [5, 5.41) is 0. The van der Waals surface area contributed by atoms with E-state index in [1.807, 2.05) is 18.2 Å². The van der Waals surface area contributed by atoms with Crippen LogP contribution in [0.25, 0.3) is 0 Å². The molecule has 0 aromatic heterocycles. The summed E-state index contributed by atoms with van der Waals surface area (Å²) < 4.78 is 6.03. The van der Waals surface area contributed by atoms with Gasteiger partial charge in [-0.3, -0.25) is 4.79 Å². The predicted octanol–water partition coefficient (Wildman–Crippen LogP) is 2.94. The second-order valence-electron chi connectivity index (χ2n) is 4.33. The summed E-state index contributed by atoms with van der Waals surface area (Å²) in [6.07, 6.45) is 2.29. The Bertz CT molecular complexity index is 407. The van der Waals surface area contributed by atoms with E-state index in [-0.39, 0.29) is 11.7 Å². The first-order valence-electron chi connectivity index (χ1n) is 6.17. The van der Waals surface area contributed by atoms with Crippen LogP contribution in [0.15, 0.2) is 22.7 Å². The van der Waals surface area contributed by atoms with Gasteiger partial charge in [-0.1, -0.05) is 19.4 Å². The molecule has 1 aromatic rings. The van der Waals surface area contributed by atoms with Gasteiger partial charge >= 0.3 is 0 Å². The molecule has 0 heterocycles.